The molecule has 1 rings (SSSR count). The first-order valence-electron chi connectivity index (χ1n) is 5.45. The third kappa shape index (κ3) is 4.22. The molecule has 0 amide bonds. The first-order valence-corrected chi connectivity index (χ1v) is 7.21. The fourth-order valence-electron chi connectivity index (χ4n) is 1.59. The van der Waals surface area contributed by atoms with E-state index in [-0.39, 0.29) is 0 Å². The minimum atomic E-state index is -1.36. The number of hydrogen-bond donors (Lipinski definition) is 0. The van der Waals surface area contributed by atoms with Crippen molar-refractivity contribution in [1.82, 2.24) is 0 Å². The Labute approximate surface area is 88.5 Å². The van der Waals surface area contributed by atoms with E-state index in [0.717, 1.165) is 19.3 Å². The van der Waals surface area contributed by atoms with Gasteiger partial charge in [0, 0.05) is 13.2 Å². The van der Waals surface area contributed by atoms with Crippen LogP contribution in [0.1, 0.15) is 20.3 Å². The molecule has 0 saturated carbocycles. The van der Waals surface area contributed by atoms with Crippen molar-refractivity contribution in [3.63, 3.8) is 0 Å². The third-order valence-corrected chi connectivity index (χ3v) is 4.48. The van der Waals surface area contributed by atoms with Gasteiger partial charge in [0.25, 0.3) is 0 Å². The second-order valence-electron chi connectivity index (χ2n) is 3.35. The Morgan fingerprint density at radius 2 is 1.64 bits per heavy atom. The smallest absolute Gasteiger partial charge is 0.321 e. The minimum absolute atomic E-state index is 0.617. The first kappa shape index (κ1) is 11.7. The molecule has 1 aliphatic rings. The van der Waals surface area contributed by atoms with E-state index in [4.69, 9.17) is 8.85 Å². The summed E-state index contributed by atoms with van der Waals surface area (Å²) in [4.78, 5) is 0. The predicted octanol–water partition coefficient (Wildman–Crippen LogP) is 2.41. The van der Waals surface area contributed by atoms with Crippen molar-refractivity contribution in [3.05, 3.63) is 24.3 Å². The van der Waals surface area contributed by atoms with Crippen molar-refractivity contribution in [2.45, 2.75) is 26.3 Å². The summed E-state index contributed by atoms with van der Waals surface area (Å²) in [5.41, 5.74) is 0. The monoisotopic (exact) mass is 212 g/mol. The molecule has 0 bridgehead atoms. The summed E-state index contributed by atoms with van der Waals surface area (Å²) < 4.78 is 11.2. The van der Waals surface area contributed by atoms with Crippen LogP contribution in [0.5, 0.6) is 0 Å². The summed E-state index contributed by atoms with van der Waals surface area (Å²) in [5.74, 6) is 0.617. The molecule has 80 valence electrons. The highest BCUT2D eigenvalue weighted by Gasteiger charge is 2.14. The van der Waals surface area contributed by atoms with Gasteiger partial charge in [-0.25, -0.2) is 0 Å². The van der Waals surface area contributed by atoms with Gasteiger partial charge in [0.05, 0.1) is 0 Å². The lowest BCUT2D eigenvalue weighted by atomic mass is 10.1. The maximum Gasteiger partial charge on any atom is 0.321 e. The fourth-order valence-corrected chi connectivity index (χ4v) is 3.42. The van der Waals surface area contributed by atoms with Crippen LogP contribution in [0.3, 0.4) is 0 Å². The van der Waals surface area contributed by atoms with E-state index in [9.17, 15) is 0 Å². The molecule has 0 aliphatic heterocycles. The fraction of sp³-hybridized carbons (Fsp3) is 0.636. The molecule has 0 unspecified atom stereocenters. The molecule has 3 heteroatoms. The van der Waals surface area contributed by atoms with E-state index in [2.05, 4.69) is 24.3 Å². The standard InChI is InChI=1S/C11H20O2Si/c1-3-12-14(13-4-2)10-9-11-7-5-6-8-11/h5-8,11,14H,3-4,9-10H2,1-2H3. The number of allylic oxidation sites excluding steroid dienone is 4. The molecule has 0 saturated heterocycles. The molecule has 0 atom stereocenters. The van der Waals surface area contributed by atoms with Gasteiger partial charge >= 0.3 is 9.28 Å². The largest absolute Gasteiger partial charge is 0.397 e. The summed E-state index contributed by atoms with van der Waals surface area (Å²) in [6, 6.07) is 1.11. The molecule has 0 aromatic heterocycles. The van der Waals surface area contributed by atoms with Crippen molar-refractivity contribution in [2.75, 3.05) is 13.2 Å². The van der Waals surface area contributed by atoms with Crippen molar-refractivity contribution < 1.29 is 8.85 Å². The van der Waals surface area contributed by atoms with Crippen LogP contribution >= 0.6 is 0 Å². The van der Waals surface area contributed by atoms with Crippen molar-refractivity contribution >= 4 is 9.28 Å². The normalized spacial score (nSPS) is 15.9. The average molecular weight is 212 g/mol. The molecule has 2 nitrogen and oxygen atoms in total. The van der Waals surface area contributed by atoms with Crippen LogP contribution in [0.15, 0.2) is 24.3 Å². The zero-order valence-corrected chi connectivity index (χ0v) is 10.3. The Morgan fingerprint density at radius 3 is 2.14 bits per heavy atom. The minimum Gasteiger partial charge on any atom is -0.397 e. The van der Waals surface area contributed by atoms with Gasteiger partial charge < -0.3 is 8.85 Å². The molecule has 0 N–H and O–H groups in total. The lowest BCUT2D eigenvalue weighted by Gasteiger charge is -2.15. The second-order valence-corrected chi connectivity index (χ2v) is 5.45. The van der Waals surface area contributed by atoms with Crippen LogP contribution in [-0.2, 0) is 8.85 Å². The van der Waals surface area contributed by atoms with Crippen LogP contribution < -0.4 is 0 Å². The maximum absolute atomic E-state index is 5.61. The average Bonchev–Trinajstić information content (AvgIpc) is 2.67. The van der Waals surface area contributed by atoms with E-state index < -0.39 is 9.28 Å². The van der Waals surface area contributed by atoms with Crippen LogP contribution in [0.4, 0.5) is 0 Å². The van der Waals surface area contributed by atoms with Gasteiger partial charge in [-0.3, -0.25) is 0 Å². The summed E-state index contributed by atoms with van der Waals surface area (Å²) in [5, 5.41) is 0. The Hall–Kier alpha value is -0.383. The summed E-state index contributed by atoms with van der Waals surface area (Å²) in [6.45, 7) is 5.64. The van der Waals surface area contributed by atoms with Gasteiger partial charge in [0.1, 0.15) is 0 Å². The molecule has 0 fully saturated rings. The molecule has 1 aliphatic carbocycles. The highest BCUT2D eigenvalue weighted by Crippen LogP contribution is 2.17. The van der Waals surface area contributed by atoms with Gasteiger partial charge in [-0.05, 0) is 32.2 Å². The third-order valence-electron chi connectivity index (χ3n) is 2.27. The molecule has 0 heterocycles. The molecule has 14 heavy (non-hydrogen) atoms. The molecule has 0 aromatic carbocycles. The van der Waals surface area contributed by atoms with Gasteiger partial charge in [-0.2, -0.15) is 0 Å². The number of hydrogen-bond acceptors (Lipinski definition) is 2. The predicted molar refractivity (Wildman–Crippen MR) is 61.6 cm³/mol. The topological polar surface area (TPSA) is 18.5 Å². The molecular weight excluding hydrogens is 192 g/mol. The van der Waals surface area contributed by atoms with Gasteiger partial charge in [0.15, 0.2) is 0 Å². The summed E-state index contributed by atoms with van der Waals surface area (Å²) in [7, 11) is -1.36. The van der Waals surface area contributed by atoms with Crippen molar-refractivity contribution in [2.24, 2.45) is 5.92 Å². The molecule has 0 radical (unpaired) electrons. The Kier molecular flexibility index (Phi) is 5.83. The van der Waals surface area contributed by atoms with Gasteiger partial charge in [0.2, 0.25) is 0 Å². The quantitative estimate of drug-likeness (QED) is 0.603. The van der Waals surface area contributed by atoms with Gasteiger partial charge in [-0.1, -0.05) is 24.3 Å². The Balaban J connectivity index is 2.18. The zero-order chi connectivity index (χ0) is 10.2. The molecule has 0 spiro atoms. The van der Waals surface area contributed by atoms with Crippen molar-refractivity contribution in [3.8, 4) is 0 Å². The highest BCUT2D eigenvalue weighted by molar-refractivity contribution is 6.44. The molecular formula is C11H20O2Si. The van der Waals surface area contributed by atoms with Crippen LogP contribution in [0.25, 0.3) is 0 Å². The van der Waals surface area contributed by atoms with E-state index in [1.807, 2.05) is 13.8 Å². The summed E-state index contributed by atoms with van der Waals surface area (Å²) in [6.07, 6.45) is 9.88. The maximum atomic E-state index is 5.61. The van der Waals surface area contributed by atoms with E-state index in [1.54, 1.807) is 0 Å². The van der Waals surface area contributed by atoms with Gasteiger partial charge in [-0.15, -0.1) is 0 Å². The molecule has 0 aromatic rings. The van der Waals surface area contributed by atoms with Crippen LogP contribution in [0, 0.1) is 5.92 Å². The van der Waals surface area contributed by atoms with Crippen LogP contribution in [0.2, 0.25) is 6.04 Å². The highest BCUT2D eigenvalue weighted by atomic mass is 28.3. The SMILES string of the molecule is CCO[SiH](CCC1C=CC=C1)OCC. The van der Waals surface area contributed by atoms with Crippen molar-refractivity contribution in [1.29, 1.82) is 0 Å². The van der Waals surface area contributed by atoms with Crippen LogP contribution in [-0.4, -0.2) is 22.5 Å². The van der Waals surface area contributed by atoms with E-state index >= 15 is 0 Å². The number of rotatable bonds is 7. The van der Waals surface area contributed by atoms with E-state index in [1.165, 1.54) is 6.42 Å². The first-order chi connectivity index (χ1) is 6.86. The van der Waals surface area contributed by atoms with E-state index in [0.29, 0.717) is 5.92 Å². The lowest BCUT2D eigenvalue weighted by molar-refractivity contribution is 0.212. The second kappa shape index (κ2) is 6.98. The summed E-state index contributed by atoms with van der Waals surface area (Å²) >= 11 is 0. The lowest BCUT2D eigenvalue weighted by Crippen LogP contribution is -2.23. The Morgan fingerprint density at radius 1 is 1.07 bits per heavy atom. The zero-order valence-electron chi connectivity index (χ0n) is 9.11. The Bertz CT molecular complexity index is 183.